The van der Waals surface area contributed by atoms with Gasteiger partial charge >= 0.3 is 0 Å². The molecule has 206 valence electrons. The summed E-state index contributed by atoms with van der Waals surface area (Å²) in [6.45, 7) is 6.53. The van der Waals surface area contributed by atoms with Crippen LogP contribution in [0, 0.1) is 28.6 Å². The molecular weight excluding hydrogens is 480 g/mol. The minimum atomic E-state index is -1.17. The molecule has 5 rings (SSSR count). The Bertz CT molecular complexity index is 1140. The van der Waals surface area contributed by atoms with E-state index >= 15 is 0 Å². The van der Waals surface area contributed by atoms with Crippen LogP contribution in [0.1, 0.15) is 77.7 Å². The second-order valence-corrected chi connectivity index (χ2v) is 12.5. The Kier molecular flexibility index (Phi) is 7.18. The Morgan fingerprint density at radius 3 is 2.53 bits per heavy atom. The second-order valence-electron chi connectivity index (χ2n) is 12.5. The molecule has 0 bridgehead atoms. The molecule has 3 saturated carbocycles. The number of nitrogens with one attached hydrogen (secondary N) is 1. The zero-order valence-corrected chi connectivity index (χ0v) is 23.0. The molecule has 1 aromatic carbocycles. The number of aromatic hydroxyl groups is 1. The van der Waals surface area contributed by atoms with Gasteiger partial charge < -0.3 is 20.4 Å². The van der Waals surface area contributed by atoms with E-state index < -0.39 is 5.60 Å². The molecule has 6 atom stereocenters. The zero-order chi connectivity index (χ0) is 27.1. The molecule has 4 aliphatic carbocycles. The summed E-state index contributed by atoms with van der Waals surface area (Å²) in [5.74, 6) is 1.48. The minimum Gasteiger partial charge on any atom is -0.508 e. The molecule has 0 unspecified atom stereocenters. The first kappa shape index (κ1) is 26.9. The van der Waals surface area contributed by atoms with Gasteiger partial charge in [-0.25, -0.2) is 0 Å². The zero-order valence-electron chi connectivity index (χ0n) is 23.0. The number of carbonyl (C=O) groups excluding carboxylic acids is 2. The Labute approximate surface area is 225 Å². The molecule has 1 aromatic rings. The molecule has 0 saturated heterocycles. The van der Waals surface area contributed by atoms with Gasteiger partial charge in [-0.1, -0.05) is 36.7 Å². The molecule has 0 heterocycles. The van der Waals surface area contributed by atoms with Crippen LogP contribution in [0.25, 0.3) is 0 Å². The number of hydrogen-bond acceptors (Lipinski definition) is 6. The second kappa shape index (κ2) is 10.1. The number of Topliss-reactive ketones (excluding diaryl/α,β-unsaturated/α-hetero) is 1. The number of fused-ring (bicyclic) bond motifs is 5. The summed E-state index contributed by atoms with van der Waals surface area (Å²) in [7, 11) is 0. The van der Waals surface area contributed by atoms with Gasteiger partial charge in [0, 0.05) is 12.0 Å². The standard InChI is InChI=1S/C31H42N2O5/c1-20(34)31(37)16-12-27-25-9-6-22-18-23(10-14-29(22,2)26(25)11-15-30(27,31)3)33-38-19-28(36)32-17-13-21-4-7-24(35)8-5-21/h4-5,7-8,18,25-27,35,37H,6,9-17,19H2,1-3H3,(H,32,36)/b33-23+/t25-,26+,27+,29-,30+,31+/m0/s1. The molecule has 4 aliphatic rings. The van der Waals surface area contributed by atoms with E-state index in [9.17, 15) is 19.8 Å². The lowest BCUT2D eigenvalue weighted by Crippen LogP contribution is -2.57. The topological polar surface area (TPSA) is 108 Å². The fourth-order valence-corrected chi connectivity index (χ4v) is 8.47. The maximum atomic E-state index is 12.4. The number of amides is 1. The SMILES string of the molecule is CC(=O)[C@]1(O)CC[C@@H]2[C@H]3CCC4=C/C(=N/OCC(=O)NCCc5ccc(O)cc5)CC[C@]4(C)[C@@H]3CC[C@]21C. The number of phenolic OH excluding ortho intramolecular Hbond substituents is 1. The van der Waals surface area contributed by atoms with Gasteiger partial charge in [0.2, 0.25) is 0 Å². The van der Waals surface area contributed by atoms with Gasteiger partial charge in [0.15, 0.2) is 12.4 Å². The number of rotatable bonds is 7. The van der Waals surface area contributed by atoms with Crippen molar-refractivity contribution < 1.29 is 24.6 Å². The van der Waals surface area contributed by atoms with Crippen LogP contribution in [0.15, 0.2) is 41.1 Å². The van der Waals surface area contributed by atoms with Crippen LogP contribution in [0.5, 0.6) is 5.75 Å². The van der Waals surface area contributed by atoms with Crippen molar-refractivity contribution in [3.63, 3.8) is 0 Å². The highest BCUT2D eigenvalue weighted by molar-refractivity contribution is 5.96. The fraction of sp³-hybridized carbons (Fsp3) is 0.645. The molecule has 0 aromatic heterocycles. The van der Waals surface area contributed by atoms with E-state index in [0.29, 0.717) is 37.1 Å². The van der Waals surface area contributed by atoms with E-state index in [1.165, 1.54) is 5.57 Å². The van der Waals surface area contributed by atoms with Gasteiger partial charge in [-0.2, -0.15) is 0 Å². The van der Waals surface area contributed by atoms with E-state index in [1.54, 1.807) is 19.1 Å². The van der Waals surface area contributed by atoms with Gasteiger partial charge in [0.05, 0.1) is 5.71 Å². The van der Waals surface area contributed by atoms with E-state index in [4.69, 9.17) is 4.84 Å². The highest BCUT2D eigenvalue weighted by atomic mass is 16.6. The molecule has 1 amide bonds. The number of ketones is 1. The first-order chi connectivity index (χ1) is 18.1. The van der Waals surface area contributed by atoms with Crippen LogP contribution in [0.4, 0.5) is 0 Å². The van der Waals surface area contributed by atoms with E-state index in [0.717, 1.165) is 56.2 Å². The number of phenols is 1. The fourth-order valence-electron chi connectivity index (χ4n) is 8.47. The van der Waals surface area contributed by atoms with Crippen LogP contribution in [-0.2, 0) is 20.8 Å². The molecule has 0 spiro atoms. The van der Waals surface area contributed by atoms with Crippen molar-refractivity contribution in [3.8, 4) is 5.75 Å². The Balaban J connectivity index is 1.16. The highest BCUT2D eigenvalue weighted by Gasteiger charge is 2.65. The summed E-state index contributed by atoms with van der Waals surface area (Å²) in [4.78, 5) is 30.0. The van der Waals surface area contributed by atoms with E-state index in [1.807, 2.05) is 12.1 Å². The first-order valence-corrected chi connectivity index (χ1v) is 14.2. The van der Waals surface area contributed by atoms with Crippen molar-refractivity contribution in [3.05, 3.63) is 41.5 Å². The average molecular weight is 523 g/mol. The number of aliphatic hydroxyl groups is 1. The van der Waals surface area contributed by atoms with Crippen molar-refractivity contribution in [2.45, 2.75) is 84.2 Å². The number of oxime groups is 1. The largest absolute Gasteiger partial charge is 0.508 e. The Morgan fingerprint density at radius 2 is 1.79 bits per heavy atom. The molecule has 7 heteroatoms. The summed E-state index contributed by atoms with van der Waals surface area (Å²) in [5.41, 5.74) is 2.03. The summed E-state index contributed by atoms with van der Waals surface area (Å²) in [6, 6.07) is 6.96. The van der Waals surface area contributed by atoms with Gasteiger partial charge in [-0.15, -0.1) is 0 Å². The number of allylic oxidation sites excluding steroid dienone is 2. The maximum Gasteiger partial charge on any atom is 0.260 e. The third-order valence-corrected chi connectivity index (χ3v) is 10.8. The number of nitrogens with zero attached hydrogens (tertiary/aromatic N) is 1. The third-order valence-electron chi connectivity index (χ3n) is 10.8. The molecule has 38 heavy (non-hydrogen) atoms. The van der Waals surface area contributed by atoms with Crippen LogP contribution in [0.2, 0.25) is 0 Å². The van der Waals surface area contributed by atoms with Crippen LogP contribution < -0.4 is 5.32 Å². The van der Waals surface area contributed by atoms with E-state index in [2.05, 4.69) is 30.4 Å². The lowest BCUT2D eigenvalue weighted by Gasteiger charge is -2.59. The van der Waals surface area contributed by atoms with Crippen molar-refractivity contribution in [2.24, 2.45) is 33.7 Å². The molecular formula is C31H42N2O5. The predicted molar refractivity (Wildman–Crippen MR) is 146 cm³/mol. The van der Waals surface area contributed by atoms with Gasteiger partial charge in [0.1, 0.15) is 11.4 Å². The quantitative estimate of drug-likeness (QED) is 0.450. The number of hydrogen-bond donors (Lipinski definition) is 3. The first-order valence-electron chi connectivity index (χ1n) is 14.2. The molecule has 0 radical (unpaired) electrons. The molecule has 3 fully saturated rings. The smallest absolute Gasteiger partial charge is 0.260 e. The normalized spacial score (nSPS) is 37.0. The summed E-state index contributed by atoms with van der Waals surface area (Å²) in [5, 5.41) is 27.9. The predicted octanol–water partition coefficient (Wildman–Crippen LogP) is 4.71. The van der Waals surface area contributed by atoms with Crippen molar-refractivity contribution in [2.75, 3.05) is 13.2 Å². The average Bonchev–Trinajstić information content (AvgIpc) is 3.17. The highest BCUT2D eigenvalue weighted by Crippen LogP contribution is 2.67. The monoisotopic (exact) mass is 522 g/mol. The lowest BCUT2D eigenvalue weighted by molar-refractivity contribution is -0.159. The van der Waals surface area contributed by atoms with E-state index in [-0.39, 0.29) is 34.9 Å². The Hall–Kier alpha value is -2.67. The Morgan fingerprint density at radius 1 is 1.05 bits per heavy atom. The summed E-state index contributed by atoms with van der Waals surface area (Å²) < 4.78 is 0. The van der Waals surface area contributed by atoms with Crippen LogP contribution in [-0.4, -0.2) is 46.4 Å². The minimum absolute atomic E-state index is 0.0619. The molecule has 0 aliphatic heterocycles. The van der Waals surface area contributed by atoms with Gasteiger partial charge in [0.25, 0.3) is 5.91 Å². The van der Waals surface area contributed by atoms with Gasteiger partial charge in [-0.3, -0.25) is 9.59 Å². The molecule has 3 N–H and O–H groups in total. The maximum absolute atomic E-state index is 12.4. The van der Waals surface area contributed by atoms with Crippen LogP contribution in [0.3, 0.4) is 0 Å². The van der Waals surface area contributed by atoms with Crippen molar-refractivity contribution in [1.29, 1.82) is 0 Å². The lowest BCUT2D eigenvalue weighted by atomic mass is 9.46. The van der Waals surface area contributed by atoms with Crippen molar-refractivity contribution in [1.82, 2.24) is 5.32 Å². The number of carbonyl (C=O) groups is 2. The molecule has 7 nitrogen and oxygen atoms in total. The number of benzene rings is 1. The summed E-state index contributed by atoms with van der Waals surface area (Å²) >= 11 is 0. The third kappa shape index (κ3) is 4.57. The van der Waals surface area contributed by atoms with Crippen molar-refractivity contribution >= 4 is 17.4 Å². The van der Waals surface area contributed by atoms with Crippen LogP contribution >= 0.6 is 0 Å². The van der Waals surface area contributed by atoms with Gasteiger partial charge in [-0.05, 0) is 112 Å². The summed E-state index contributed by atoms with van der Waals surface area (Å²) in [6.07, 6.45) is 10.3.